The Hall–Kier alpha value is -0.0800. The average Bonchev–Trinajstić information content (AvgIpc) is 2.18. The Morgan fingerprint density at radius 3 is 2.17 bits per heavy atom. The van der Waals surface area contributed by atoms with Gasteiger partial charge >= 0.3 is 0 Å². The molecule has 0 bridgehead atoms. The van der Waals surface area contributed by atoms with Crippen LogP contribution in [0.3, 0.4) is 0 Å². The molecule has 0 amide bonds. The molecule has 0 unspecified atom stereocenters. The summed E-state index contributed by atoms with van der Waals surface area (Å²) >= 11 is 0. The Labute approximate surface area is 74.6 Å². The van der Waals surface area contributed by atoms with Crippen molar-refractivity contribution in [2.75, 3.05) is 13.2 Å². The second-order valence-electron chi connectivity index (χ2n) is 4.14. The minimum Gasteiger partial charge on any atom is -0.396 e. The van der Waals surface area contributed by atoms with Crippen LogP contribution in [0.2, 0.25) is 0 Å². The third-order valence-corrected chi connectivity index (χ3v) is 3.51. The van der Waals surface area contributed by atoms with Crippen LogP contribution in [0.5, 0.6) is 0 Å². The largest absolute Gasteiger partial charge is 0.396 e. The Balaban J connectivity index is 2.42. The molecule has 1 aliphatic rings. The van der Waals surface area contributed by atoms with Gasteiger partial charge in [0, 0.05) is 13.2 Å². The first-order valence-corrected chi connectivity index (χ1v) is 4.98. The fraction of sp³-hybridized carbons (Fsp3) is 1.00. The maximum absolute atomic E-state index is 9.24. The summed E-state index contributed by atoms with van der Waals surface area (Å²) in [6, 6.07) is 0. The van der Waals surface area contributed by atoms with Crippen LogP contribution in [0.4, 0.5) is 0 Å². The van der Waals surface area contributed by atoms with Crippen LogP contribution in [0.15, 0.2) is 0 Å². The number of aliphatic hydroxyl groups is 2. The summed E-state index contributed by atoms with van der Waals surface area (Å²) in [5.74, 6) is 0.497. The molecule has 0 saturated heterocycles. The lowest BCUT2D eigenvalue weighted by Crippen LogP contribution is -2.31. The molecule has 2 nitrogen and oxygen atoms in total. The van der Waals surface area contributed by atoms with Gasteiger partial charge in [0.1, 0.15) is 0 Å². The second-order valence-corrected chi connectivity index (χ2v) is 4.14. The summed E-state index contributed by atoms with van der Waals surface area (Å²) in [5, 5.41) is 18.2. The Morgan fingerprint density at radius 2 is 1.83 bits per heavy atom. The normalized spacial score (nSPS) is 36.8. The molecule has 72 valence electrons. The van der Waals surface area contributed by atoms with E-state index in [0.717, 1.165) is 32.1 Å². The van der Waals surface area contributed by atoms with Crippen molar-refractivity contribution in [3.05, 3.63) is 0 Å². The van der Waals surface area contributed by atoms with Gasteiger partial charge in [-0.25, -0.2) is 0 Å². The van der Waals surface area contributed by atoms with E-state index in [0.29, 0.717) is 19.1 Å². The Bertz CT molecular complexity index is 120. The molecule has 0 aromatic carbocycles. The zero-order chi connectivity index (χ0) is 9.03. The lowest BCUT2D eigenvalue weighted by atomic mass is 9.69. The summed E-state index contributed by atoms with van der Waals surface area (Å²) < 4.78 is 0. The third-order valence-electron chi connectivity index (χ3n) is 3.51. The van der Waals surface area contributed by atoms with Crippen LogP contribution in [-0.2, 0) is 0 Å². The van der Waals surface area contributed by atoms with E-state index in [4.69, 9.17) is 5.11 Å². The SMILES string of the molecule is CC[C@]1(CO)CC[C@@H](CO)CC1. The molecule has 12 heavy (non-hydrogen) atoms. The van der Waals surface area contributed by atoms with Gasteiger partial charge in [0.15, 0.2) is 0 Å². The van der Waals surface area contributed by atoms with E-state index in [-0.39, 0.29) is 5.41 Å². The van der Waals surface area contributed by atoms with Gasteiger partial charge in [-0.3, -0.25) is 0 Å². The molecular weight excluding hydrogens is 152 g/mol. The Kier molecular flexibility index (Phi) is 3.53. The first kappa shape index (κ1) is 10.0. The molecular formula is C10H20O2. The molecule has 0 aromatic rings. The summed E-state index contributed by atoms with van der Waals surface area (Å²) in [4.78, 5) is 0. The van der Waals surface area contributed by atoms with Crippen LogP contribution >= 0.6 is 0 Å². The summed E-state index contributed by atoms with van der Waals surface area (Å²) in [5.41, 5.74) is 0.186. The molecule has 0 atom stereocenters. The van der Waals surface area contributed by atoms with E-state index in [1.54, 1.807) is 0 Å². The molecule has 1 rings (SSSR count). The summed E-state index contributed by atoms with van der Waals surface area (Å²) in [7, 11) is 0. The molecule has 0 spiro atoms. The molecule has 0 aromatic heterocycles. The van der Waals surface area contributed by atoms with Crippen molar-refractivity contribution in [2.45, 2.75) is 39.0 Å². The van der Waals surface area contributed by atoms with E-state index in [9.17, 15) is 5.11 Å². The van der Waals surface area contributed by atoms with Gasteiger partial charge in [-0.2, -0.15) is 0 Å². The predicted octanol–water partition coefficient (Wildman–Crippen LogP) is 1.56. The maximum atomic E-state index is 9.24. The quantitative estimate of drug-likeness (QED) is 0.678. The molecule has 2 heteroatoms. The van der Waals surface area contributed by atoms with E-state index in [1.807, 2.05) is 0 Å². The maximum Gasteiger partial charge on any atom is 0.0487 e. The number of rotatable bonds is 3. The molecule has 1 fully saturated rings. The lowest BCUT2D eigenvalue weighted by molar-refractivity contribution is 0.0465. The van der Waals surface area contributed by atoms with Crippen molar-refractivity contribution < 1.29 is 10.2 Å². The van der Waals surface area contributed by atoms with Crippen molar-refractivity contribution in [1.29, 1.82) is 0 Å². The number of aliphatic hydroxyl groups excluding tert-OH is 2. The van der Waals surface area contributed by atoms with E-state index in [1.165, 1.54) is 0 Å². The van der Waals surface area contributed by atoms with E-state index in [2.05, 4.69) is 6.92 Å². The first-order chi connectivity index (χ1) is 5.76. The standard InChI is InChI=1S/C10H20O2/c1-2-10(8-12)5-3-9(7-11)4-6-10/h9,11-12H,2-8H2,1H3/t9-,10+. The summed E-state index contributed by atoms with van der Waals surface area (Å²) in [6.07, 6.45) is 5.42. The lowest BCUT2D eigenvalue weighted by Gasteiger charge is -2.37. The molecule has 2 N–H and O–H groups in total. The number of hydrogen-bond donors (Lipinski definition) is 2. The number of hydrogen-bond acceptors (Lipinski definition) is 2. The van der Waals surface area contributed by atoms with Gasteiger partial charge in [0.05, 0.1) is 0 Å². The topological polar surface area (TPSA) is 40.5 Å². The van der Waals surface area contributed by atoms with Crippen LogP contribution < -0.4 is 0 Å². The highest BCUT2D eigenvalue weighted by atomic mass is 16.3. The predicted molar refractivity (Wildman–Crippen MR) is 48.9 cm³/mol. The molecule has 1 saturated carbocycles. The zero-order valence-corrected chi connectivity index (χ0v) is 7.92. The highest BCUT2D eigenvalue weighted by Crippen LogP contribution is 2.40. The monoisotopic (exact) mass is 172 g/mol. The van der Waals surface area contributed by atoms with Crippen molar-refractivity contribution in [2.24, 2.45) is 11.3 Å². The summed E-state index contributed by atoms with van der Waals surface area (Å²) in [6.45, 7) is 2.79. The van der Waals surface area contributed by atoms with Gasteiger partial charge in [0.25, 0.3) is 0 Å². The van der Waals surface area contributed by atoms with Crippen molar-refractivity contribution in [3.63, 3.8) is 0 Å². The van der Waals surface area contributed by atoms with Gasteiger partial charge in [-0.1, -0.05) is 6.92 Å². The molecule has 0 radical (unpaired) electrons. The van der Waals surface area contributed by atoms with Gasteiger partial charge in [-0.15, -0.1) is 0 Å². The minimum absolute atomic E-state index is 0.186. The van der Waals surface area contributed by atoms with Gasteiger partial charge in [0.2, 0.25) is 0 Å². The van der Waals surface area contributed by atoms with E-state index >= 15 is 0 Å². The van der Waals surface area contributed by atoms with Gasteiger partial charge in [-0.05, 0) is 43.4 Å². The van der Waals surface area contributed by atoms with E-state index < -0.39 is 0 Å². The van der Waals surface area contributed by atoms with Crippen LogP contribution in [0.25, 0.3) is 0 Å². The fourth-order valence-corrected chi connectivity index (χ4v) is 2.10. The second kappa shape index (κ2) is 4.24. The zero-order valence-electron chi connectivity index (χ0n) is 7.92. The first-order valence-electron chi connectivity index (χ1n) is 4.98. The highest BCUT2D eigenvalue weighted by Gasteiger charge is 2.32. The third kappa shape index (κ3) is 1.99. The fourth-order valence-electron chi connectivity index (χ4n) is 2.10. The van der Waals surface area contributed by atoms with Crippen molar-refractivity contribution >= 4 is 0 Å². The highest BCUT2D eigenvalue weighted by molar-refractivity contribution is 4.83. The smallest absolute Gasteiger partial charge is 0.0487 e. The van der Waals surface area contributed by atoms with Crippen LogP contribution in [-0.4, -0.2) is 23.4 Å². The Morgan fingerprint density at radius 1 is 1.25 bits per heavy atom. The van der Waals surface area contributed by atoms with Crippen LogP contribution in [0.1, 0.15) is 39.0 Å². The molecule has 0 aliphatic heterocycles. The minimum atomic E-state index is 0.186. The van der Waals surface area contributed by atoms with Gasteiger partial charge < -0.3 is 10.2 Å². The molecule has 1 aliphatic carbocycles. The van der Waals surface area contributed by atoms with Crippen LogP contribution in [0, 0.1) is 11.3 Å². The van der Waals surface area contributed by atoms with Crippen molar-refractivity contribution in [3.8, 4) is 0 Å². The average molecular weight is 172 g/mol. The van der Waals surface area contributed by atoms with Crippen molar-refractivity contribution in [1.82, 2.24) is 0 Å². The molecule has 0 heterocycles.